The summed E-state index contributed by atoms with van der Waals surface area (Å²) in [6.07, 6.45) is 14.9. The SMILES string of the molecule is C[N+]1([C@H]2CC[C@H]([N+]3(C)CCCCC3)CC2)CCCCC1.[Cl-].[Cl-]. The summed E-state index contributed by atoms with van der Waals surface area (Å²) in [5.74, 6) is 0. The molecule has 0 aromatic heterocycles. The summed E-state index contributed by atoms with van der Waals surface area (Å²) in [5.41, 5.74) is 0. The standard InChI is InChI=1S/C18H36N2.2ClH/c1-19(13-5-3-6-14-19)17-9-11-18(12-10-17)20(2)15-7-4-8-16-20;;/h17-18H,3-16H2,1-2H3;2*1H/q+2;;/p-2/t17-,18-;;. The second kappa shape index (κ2) is 8.55. The van der Waals surface area contributed by atoms with E-state index in [9.17, 15) is 0 Å². The number of hydrogen-bond donors (Lipinski definition) is 0. The van der Waals surface area contributed by atoms with E-state index in [1.54, 1.807) is 0 Å². The van der Waals surface area contributed by atoms with Gasteiger partial charge in [0.1, 0.15) is 0 Å². The second-order valence-corrected chi connectivity index (χ2v) is 8.44. The summed E-state index contributed by atoms with van der Waals surface area (Å²) in [4.78, 5) is 0. The smallest absolute Gasteiger partial charge is 0.0892 e. The zero-order chi connectivity index (χ0) is 14.1. The maximum absolute atomic E-state index is 2.56. The van der Waals surface area contributed by atoms with E-state index in [1.807, 2.05) is 0 Å². The number of likely N-dealkylation sites (tertiary alicyclic amines) is 2. The van der Waals surface area contributed by atoms with Crippen LogP contribution < -0.4 is 24.8 Å². The Labute approximate surface area is 150 Å². The summed E-state index contributed by atoms with van der Waals surface area (Å²) in [6, 6.07) is 1.98. The van der Waals surface area contributed by atoms with Crippen LogP contribution in [0.2, 0.25) is 0 Å². The van der Waals surface area contributed by atoms with Gasteiger partial charge < -0.3 is 33.8 Å². The molecule has 3 rings (SSSR count). The van der Waals surface area contributed by atoms with E-state index in [-0.39, 0.29) is 24.8 Å². The van der Waals surface area contributed by atoms with Gasteiger partial charge in [0.25, 0.3) is 0 Å². The number of quaternary nitrogens is 2. The van der Waals surface area contributed by atoms with Crippen LogP contribution in [-0.2, 0) is 0 Å². The molecule has 2 heterocycles. The van der Waals surface area contributed by atoms with Crippen LogP contribution in [-0.4, -0.2) is 61.3 Å². The first-order chi connectivity index (χ1) is 9.62. The van der Waals surface area contributed by atoms with E-state index in [2.05, 4.69) is 14.1 Å². The molecule has 22 heavy (non-hydrogen) atoms. The monoisotopic (exact) mass is 350 g/mol. The normalized spacial score (nSPS) is 34.1. The van der Waals surface area contributed by atoms with Crippen LogP contribution in [0.5, 0.6) is 0 Å². The second-order valence-electron chi connectivity index (χ2n) is 8.44. The van der Waals surface area contributed by atoms with Crippen LogP contribution in [0.15, 0.2) is 0 Å². The number of nitrogens with zero attached hydrogens (tertiary/aromatic N) is 2. The largest absolute Gasteiger partial charge is 1.00 e. The van der Waals surface area contributed by atoms with E-state index in [0.717, 1.165) is 12.1 Å². The number of hydrogen-bond acceptors (Lipinski definition) is 0. The minimum Gasteiger partial charge on any atom is -1.00 e. The Morgan fingerprint density at radius 1 is 0.500 bits per heavy atom. The molecule has 0 aromatic carbocycles. The minimum atomic E-state index is 0. The van der Waals surface area contributed by atoms with E-state index < -0.39 is 0 Å². The van der Waals surface area contributed by atoms with Crippen molar-refractivity contribution in [2.45, 2.75) is 76.3 Å². The molecule has 1 aliphatic carbocycles. The first-order valence-corrected chi connectivity index (χ1v) is 9.31. The van der Waals surface area contributed by atoms with Gasteiger partial charge in [-0.2, -0.15) is 0 Å². The van der Waals surface area contributed by atoms with E-state index in [0.29, 0.717) is 0 Å². The highest BCUT2D eigenvalue weighted by atomic mass is 35.5. The van der Waals surface area contributed by atoms with Crippen LogP contribution in [0.4, 0.5) is 0 Å². The van der Waals surface area contributed by atoms with Gasteiger partial charge in [0, 0.05) is 25.7 Å². The highest BCUT2D eigenvalue weighted by Crippen LogP contribution is 2.35. The quantitative estimate of drug-likeness (QED) is 0.486. The van der Waals surface area contributed by atoms with Crippen molar-refractivity contribution in [2.75, 3.05) is 40.3 Å². The molecule has 0 amide bonds. The lowest BCUT2D eigenvalue weighted by Crippen LogP contribution is -3.00. The van der Waals surface area contributed by atoms with Gasteiger partial charge >= 0.3 is 0 Å². The van der Waals surface area contributed by atoms with Gasteiger partial charge in [-0.3, -0.25) is 0 Å². The fourth-order valence-electron chi connectivity index (χ4n) is 5.50. The lowest BCUT2D eigenvalue weighted by Gasteiger charge is -2.50. The molecule has 0 bridgehead atoms. The summed E-state index contributed by atoms with van der Waals surface area (Å²) >= 11 is 0. The molecule has 0 unspecified atom stereocenters. The Kier molecular flexibility index (Phi) is 7.99. The van der Waals surface area contributed by atoms with Gasteiger partial charge in [0.15, 0.2) is 0 Å². The Hall–Kier alpha value is 0.500. The third kappa shape index (κ3) is 4.32. The fraction of sp³-hybridized carbons (Fsp3) is 1.00. The molecule has 3 aliphatic rings. The van der Waals surface area contributed by atoms with Crippen molar-refractivity contribution < 1.29 is 33.8 Å². The first-order valence-electron chi connectivity index (χ1n) is 9.31. The number of piperidine rings is 2. The summed E-state index contributed by atoms with van der Waals surface area (Å²) in [5, 5.41) is 0. The first kappa shape index (κ1) is 20.5. The maximum Gasteiger partial charge on any atom is 0.0892 e. The van der Waals surface area contributed by atoms with Crippen LogP contribution in [0, 0.1) is 0 Å². The average molecular weight is 351 g/mol. The van der Waals surface area contributed by atoms with Crippen molar-refractivity contribution >= 4 is 0 Å². The molecule has 0 radical (unpaired) electrons. The highest BCUT2D eigenvalue weighted by molar-refractivity contribution is 4.76. The maximum atomic E-state index is 2.56. The Balaban J connectivity index is 0.00000121. The third-order valence-corrected chi connectivity index (χ3v) is 7.11. The van der Waals surface area contributed by atoms with Gasteiger partial charge in [-0.15, -0.1) is 0 Å². The molecule has 2 aliphatic heterocycles. The van der Waals surface area contributed by atoms with Gasteiger partial charge in [0.05, 0.1) is 52.4 Å². The van der Waals surface area contributed by atoms with Crippen LogP contribution in [0.1, 0.15) is 64.2 Å². The lowest BCUT2D eigenvalue weighted by molar-refractivity contribution is -0.952. The van der Waals surface area contributed by atoms with Crippen molar-refractivity contribution in [1.82, 2.24) is 0 Å². The predicted octanol–water partition coefficient (Wildman–Crippen LogP) is -2.43. The molecule has 1 saturated carbocycles. The Bertz CT molecular complexity index is 283. The fourth-order valence-corrected chi connectivity index (χ4v) is 5.50. The van der Waals surface area contributed by atoms with E-state index >= 15 is 0 Å². The highest BCUT2D eigenvalue weighted by Gasteiger charge is 2.42. The van der Waals surface area contributed by atoms with Crippen molar-refractivity contribution in [1.29, 1.82) is 0 Å². The number of halogens is 2. The Morgan fingerprint density at radius 3 is 1.05 bits per heavy atom. The molecule has 0 spiro atoms. The van der Waals surface area contributed by atoms with Crippen LogP contribution in [0.3, 0.4) is 0 Å². The van der Waals surface area contributed by atoms with E-state index in [4.69, 9.17) is 0 Å². The third-order valence-electron chi connectivity index (χ3n) is 7.11. The zero-order valence-electron chi connectivity index (χ0n) is 14.7. The van der Waals surface area contributed by atoms with Crippen LogP contribution in [0.25, 0.3) is 0 Å². The molecule has 3 fully saturated rings. The van der Waals surface area contributed by atoms with Gasteiger partial charge in [0.2, 0.25) is 0 Å². The zero-order valence-corrected chi connectivity index (χ0v) is 16.2. The molecule has 0 atom stereocenters. The summed E-state index contributed by atoms with van der Waals surface area (Å²) in [6.45, 7) is 5.84. The van der Waals surface area contributed by atoms with Crippen molar-refractivity contribution in [2.24, 2.45) is 0 Å². The molecule has 0 aromatic rings. The number of rotatable bonds is 2. The molecule has 4 heteroatoms. The molecular formula is C18H36Cl2N2. The summed E-state index contributed by atoms with van der Waals surface area (Å²) in [7, 11) is 5.11. The lowest BCUT2D eigenvalue weighted by atomic mass is 9.85. The topological polar surface area (TPSA) is 0 Å². The minimum absolute atomic E-state index is 0. The van der Waals surface area contributed by atoms with Crippen LogP contribution >= 0.6 is 0 Å². The van der Waals surface area contributed by atoms with Crippen molar-refractivity contribution in [3.05, 3.63) is 0 Å². The van der Waals surface area contributed by atoms with E-state index in [1.165, 1.54) is 99.4 Å². The molecular weight excluding hydrogens is 315 g/mol. The van der Waals surface area contributed by atoms with Gasteiger partial charge in [-0.1, -0.05) is 0 Å². The predicted molar refractivity (Wildman–Crippen MR) is 85.6 cm³/mol. The summed E-state index contributed by atoms with van der Waals surface area (Å²) < 4.78 is 2.83. The van der Waals surface area contributed by atoms with Crippen molar-refractivity contribution in [3.63, 3.8) is 0 Å². The molecule has 132 valence electrons. The molecule has 0 N–H and O–H groups in total. The average Bonchev–Trinajstić information content (AvgIpc) is 2.49. The molecule has 2 nitrogen and oxygen atoms in total. The van der Waals surface area contributed by atoms with Gasteiger partial charge in [-0.25, -0.2) is 0 Å². The molecule has 2 saturated heterocycles. The Morgan fingerprint density at radius 2 is 0.773 bits per heavy atom. The van der Waals surface area contributed by atoms with Crippen molar-refractivity contribution in [3.8, 4) is 0 Å². The van der Waals surface area contributed by atoms with Gasteiger partial charge in [-0.05, 0) is 38.5 Å².